The van der Waals surface area contributed by atoms with E-state index in [0.717, 1.165) is 0 Å². The molecule has 88 valence electrons. The minimum atomic E-state index is -1.57. The molecule has 0 aromatic heterocycles. The van der Waals surface area contributed by atoms with Gasteiger partial charge in [0.2, 0.25) is 0 Å². The molecule has 1 rings (SSSR count). The van der Waals surface area contributed by atoms with Crippen molar-refractivity contribution in [2.45, 2.75) is 64.8 Å². The summed E-state index contributed by atoms with van der Waals surface area (Å²) < 4.78 is 6.44. The number of hydrogen-bond acceptors (Lipinski definition) is 1. The van der Waals surface area contributed by atoms with Crippen LogP contribution < -0.4 is 0 Å². The summed E-state index contributed by atoms with van der Waals surface area (Å²) in [6, 6.07) is 0. The molecule has 0 spiro atoms. The van der Waals surface area contributed by atoms with Crippen molar-refractivity contribution >= 4 is 8.32 Å². The highest BCUT2D eigenvalue weighted by Gasteiger charge is 2.39. The molecule has 0 fully saturated rings. The predicted molar refractivity (Wildman–Crippen MR) is 69.6 cm³/mol. The maximum Gasteiger partial charge on any atom is 0.192 e. The average molecular weight is 226 g/mol. The fraction of sp³-hybridized carbons (Fsp3) is 0.846. The lowest BCUT2D eigenvalue weighted by Crippen LogP contribution is -2.45. The molecule has 2 heteroatoms. The van der Waals surface area contributed by atoms with Gasteiger partial charge in [0.1, 0.15) is 0 Å². The predicted octanol–water partition coefficient (Wildman–Crippen LogP) is 4.36. The quantitative estimate of drug-likeness (QED) is 0.502. The second kappa shape index (κ2) is 4.42. The van der Waals surface area contributed by atoms with Gasteiger partial charge in [-0.05, 0) is 36.9 Å². The van der Waals surface area contributed by atoms with Crippen LogP contribution in [0.1, 0.15) is 40.5 Å². The molecule has 1 aliphatic carbocycles. The van der Waals surface area contributed by atoms with Gasteiger partial charge < -0.3 is 4.43 Å². The SMILES string of the molecule is C[C@@H]1C=CCC[C@H]1O[Si](C)(C)C(C)(C)C. The Balaban J connectivity index is 2.65. The molecule has 2 atom stereocenters. The van der Waals surface area contributed by atoms with Crippen LogP contribution in [-0.2, 0) is 4.43 Å². The Morgan fingerprint density at radius 1 is 1.27 bits per heavy atom. The fourth-order valence-corrected chi connectivity index (χ4v) is 3.12. The van der Waals surface area contributed by atoms with Crippen LogP contribution >= 0.6 is 0 Å². The molecule has 15 heavy (non-hydrogen) atoms. The van der Waals surface area contributed by atoms with Crippen molar-refractivity contribution in [1.29, 1.82) is 0 Å². The van der Waals surface area contributed by atoms with Crippen LogP contribution in [0.15, 0.2) is 12.2 Å². The molecule has 0 aromatic carbocycles. The van der Waals surface area contributed by atoms with Crippen molar-refractivity contribution in [3.8, 4) is 0 Å². The third-order valence-electron chi connectivity index (χ3n) is 3.90. The van der Waals surface area contributed by atoms with Gasteiger partial charge in [-0.2, -0.15) is 0 Å². The molecule has 1 nitrogen and oxygen atoms in total. The minimum absolute atomic E-state index is 0.327. The molecule has 0 heterocycles. The van der Waals surface area contributed by atoms with Gasteiger partial charge in [0, 0.05) is 0 Å². The first-order valence-electron chi connectivity index (χ1n) is 6.08. The second-order valence-electron chi connectivity index (χ2n) is 6.28. The van der Waals surface area contributed by atoms with Gasteiger partial charge in [0.05, 0.1) is 6.10 Å². The summed E-state index contributed by atoms with van der Waals surface area (Å²) in [5, 5.41) is 0.327. The monoisotopic (exact) mass is 226 g/mol. The third kappa shape index (κ3) is 3.18. The molecule has 0 bridgehead atoms. The Morgan fingerprint density at radius 2 is 1.87 bits per heavy atom. The summed E-state index contributed by atoms with van der Waals surface area (Å²) in [6.07, 6.45) is 7.43. The zero-order valence-corrected chi connectivity index (χ0v) is 12.1. The van der Waals surface area contributed by atoms with Gasteiger partial charge in [-0.25, -0.2) is 0 Å². The van der Waals surface area contributed by atoms with Crippen molar-refractivity contribution in [3.05, 3.63) is 12.2 Å². The average Bonchev–Trinajstić information content (AvgIpc) is 2.06. The van der Waals surface area contributed by atoms with Gasteiger partial charge >= 0.3 is 0 Å². The van der Waals surface area contributed by atoms with Crippen LogP contribution in [0.3, 0.4) is 0 Å². The molecule has 0 saturated heterocycles. The van der Waals surface area contributed by atoms with Crippen molar-refractivity contribution in [2.75, 3.05) is 0 Å². The van der Waals surface area contributed by atoms with Crippen LogP contribution in [-0.4, -0.2) is 14.4 Å². The molecule has 0 aliphatic heterocycles. The molecule has 0 radical (unpaired) electrons. The second-order valence-corrected chi connectivity index (χ2v) is 11.0. The van der Waals surface area contributed by atoms with E-state index < -0.39 is 8.32 Å². The Bertz CT molecular complexity index is 237. The zero-order valence-electron chi connectivity index (χ0n) is 11.1. The Kier molecular flexibility index (Phi) is 3.83. The van der Waals surface area contributed by atoms with E-state index in [4.69, 9.17) is 4.43 Å². The van der Waals surface area contributed by atoms with E-state index in [0.29, 0.717) is 17.1 Å². The Morgan fingerprint density at radius 3 is 2.33 bits per heavy atom. The normalized spacial score (nSPS) is 28.1. The number of allylic oxidation sites excluding steroid dienone is 1. The molecule has 1 aliphatic rings. The number of hydrogen-bond donors (Lipinski definition) is 0. The van der Waals surface area contributed by atoms with Crippen molar-refractivity contribution < 1.29 is 4.43 Å². The smallest absolute Gasteiger partial charge is 0.192 e. The van der Waals surface area contributed by atoms with Crippen LogP contribution in [0.25, 0.3) is 0 Å². The van der Waals surface area contributed by atoms with E-state index in [1.165, 1.54) is 12.8 Å². The molecule has 0 amide bonds. The lowest BCUT2D eigenvalue weighted by atomic mass is 9.95. The maximum atomic E-state index is 6.44. The lowest BCUT2D eigenvalue weighted by Gasteiger charge is -2.41. The van der Waals surface area contributed by atoms with E-state index in [1.54, 1.807) is 0 Å². The highest BCUT2D eigenvalue weighted by atomic mass is 28.4. The van der Waals surface area contributed by atoms with E-state index in [9.17, 15) is 0 Å². The van der Waals surface area contributed by atoms with Crippen LogP contribution in [0.4, 0.5) is 0 Å². The van der Waals surface area contributed by atoms with Crippen LogP contribution in [0.5, 0.6) is 0 Å². The summed E-state index contributed by atoms with van der Waals surface area (Å²) in [5.41, 5.74) is 0. The fourth-order valence-electron chi connectivity index (χ4n) is 1.68. The van der Waals surface area contributed by atoms with Crippen molar-refractivity contribution in [3.63, 3.8) is 0 Å². The van der Waals surface area contributed by atoms with Crippen LogP contribution in [0, 0.1) is 5.92 Å². The standard InChI is InChI=1S/C13H26OSi/c1-11-9-7-8-10-12(11)14-15(5,6)13(2,3)4/h7,9,11-12H,8,10H2,1-6H3/t11-,12-/m1/s1. The summed E-state index contributed by atoms with van der Waals surface area (Å²) >= 11 is 0. The first-order chi connectivity index (χ1) is 6.74. The summed E-state index contributed by atoms with van der Waals surface area (Å²) in [6.45, 7) is 13.9. The van der Waals surface area contributed by atoms with E-state index >= 15 is 0 Å². The van der Waals surface area contributed by atoms with Gasteiger partial charge in [-0.15, -0.1) is 0 Å². The largest absolute Gasteiger partial charge is 0.413 e. The van der Waals surface area contributed by atoms with Gasteiger partial charge in [-0.1, -0.05) is 39.8 Å². The topological polar surface area (TPSA) is 9.23 Å². The van der Waals surface area contributed by atoms with E-state index in [-0.39, 0.29) is 0 Å². The van der Waals surface area contributed by atoms with Crippen LogP contribution in [0.2, 0.25) is 18.1 Å². The minimum Gasteiger partial charge on any atom is -0.413 e. The molecule has 0 N–H and O–H groups in total. The number of rotatable bonds is 2. The van der Waals surface area contributed by atoms with E-state index in [1.807, 2.05) is 0 Å². The molecular formula is C13H26OSi. The lowest BCUT2D eigenvalue weighted by molar-refractivity contribution is 0.132. The molecule has 0 unspecified atom stereocenters. The van der Waals surface area contributed by atoms with Crippen molar-refractivity contribution in [1.82, 2.24) is 0 Å². The third-order valence-corrected chi connectivity index (χ3v) is 8.40. The maximum absolute atomic E-state index is 6.44. The first kappa shape index (κ1) is 13.0. The van der Waals surface area contributed by atoms with Crippen molar-refractivity contribution in [2.24, 2.45) is 5.92 Å². The highest BCUT2D eigenvalue weighted by Crippen LogP contribution is 2.39. The zero-order chi connectivity index (χ0) is 11.7. The van der Waals surface area contributed by atoms with E-state index in [2.05, 4.69) is 52.9 Å². The van der Waals surface area contributed by atoms with Gasteiger partial charge in [0.15, 0.2) is 8.32 Å². The summed E-state index contributed by atoms with van der Waals surface area (Å²) in [5.74, 6) is 0.591. The molecule has 0 aromatic rings. The Labute approximate surface area is 96.0 Å². The Hall–Kier alpha value is -0.0831. The summed E-state index contributed by atoms with van der Waals surface area (Å²) in [4.78, 5) is 0. The summed E-state index contributed by atoms with van der Waals surface area (Å²) in [7, 11) is -1.57. The van der Waals surface area contributed by atoms with Gasteiger partial charge in [0.25, 0.3) is 0 Å². The molecular weight excluding hydrogens is 200 g/mol. The molecule has 0 saturated carbocycles. The van der Waals surface area contributed by atoms with Gasteiger partial charge in [-0.3, -0.25) is 0 Å². The highest BCUT2D eigenvalue weighted by molar-refractivity contribution is 6.74. The first-order valence-corrected chi connectivity index (χ1v) is 8.99.